The molecule has 1 unspecified atom stereocenters. The summed E-state index contributed by atoms with van der Waals surface area (Å²) < 4.78 is 4.89. The summed E-state index contributed by atoms with van der Waals surface area (Å²) in [5, 5.41) is 0. The van der Waals surface area contributed by atoms with E-state index in [4.69, 9.17) is 10.5 Å². The zero-order valence-electron chi connectivity index (χ0n) is 10.2. The minimum absolute atomic E-state index is 0.0491. The average molecular weight is 233 g/mol. The highest BCUT2D eigenvalue weighted by atomic mass is 16.5. The molecule has 0 radical (unpaired) electrons. The smallest absolute Gasteiger partial charge is 0.181 e. The molecule has 92 valence electrons. The second kappa shape index (κ2) is 5.43. The molecule has 2 N–H and O–H groups in total. The van der Waals surface area contributed by atoms with Crippen LogP contribution in [0.1, 0.15) is 41.1 Å². The van der Waals surface area contributed by atoms with E-state index >= 15 is 0 Å². The van der Waals surface area contributed by atoms with Crippen molar-refractivity contribution in [3.05, 3.63) is 35.4 Å². The average Bonchev–Trinajstić information content (AvgIpc) is 2.27. The van der Waals surface area contributed by atoms with Crippen LogP contribution in [0.4, 0.5) is 0 Å². The van der Waals surface area contributed by atoms with E-state index in [1.54, 1.807) is 7.11 Å². The lowest BCUT2D eigenvalue weighted by molar-refractivity contribution is 0.0892. The van der Waals surface area contributed by atoms with Crippen LogP contribution in [0.2, 0.25) is 0 Å². The van der Waals surface area contributed by atoms with Crippen molar-refractivity contribution in [3.8, 4) is 0 Å². The van der Waals surface area contributed by atoms with Crippen molar-refractivity contribution in [2.75, 3.05) is 13.7 Å². The van der Waals surface area contributed by atoms with Gasteiger partial charge in [-0.1, -0.05) is 30.7 Å². The first-order valence-corrected chi connectivity index (χ1v) is 6.11. The van der Waals surface area contributed by atoms with Gasteiger partial charge in [0.25, 0.3) is 0 Å². The number of rotatable bonds is 5. The van der Waals surface area contributed by atoms with Crippen LogP contribution in [-0.4, -0.2) is 25.5 Å². The molecule has 2 rings (SSSR count). The van der Waals surface area contributed by atoms with Crippen LogP contribution in [-0.2, 0) is 4.74 Å². The predicted octanol–water partition coefficient (Wildman–Crippen LogP) is 2.11. The van der Waals surface area contributed by atoms with Crippen molar-refractivity contribution in [2.45, 2.75) is 31.2 Å². The van der Waals surface area contributed by atoms with E-state index in [0.717, 1.165) is 0 Å². The van der Waals surface area contributed by atoms with Gasteiger partial charge in [0, 0.05) is 12.7 Å². The Labute approximate surface area is 102 Å². The quantitative estimate of drug-likeness (QED) is 0.792. The second-order valence-corrected chi connectivity index (χ2v) is 4.68. The molecule has 1 atom stereocenters. The fourth-order valence-electron chi connectivity index (χ4n) is 2.13. The number of benzene rings is 1. The first-order valence-electron chi connectivity index (χ1n) is 6.11. The summed E-state index contributed by atoms with van der Waals surface area (Å²) in [6, 6.07) is 7.30. The summed E-state index contributed by atoms with van der Waals surface area (Å²) in [7, 11) is 1.55. The standard InChI is InChI=1S/C14H19NO2/c1-17-9-13(15)14(16)12-7-5-11(6-8-12)10-3-2-4-10/h5-8,10,13H,2-4,9,15H2,1H3. The Morgan fingerprint density at radius 1 is 1.41 bits per heavy atom. The summed E-state index contributed by atoms with van der Waals surface area (Å²) in [4.78, 5) is 11.9. The Kier molecular flexibility index (Phi) is 3.92. The van der Waals surface area contributed by atoms with Crippen molar-refractivity contribution >= 4 is 5.78 Å². The van der Waals surface area contributed by atoms with Crippen LogP contribution < -0.4 is 5.73 Å². The Morgan fingerprint density at radius 2 is 2.06 bits per heavy atom. The Bertz CT molecular complexity index is 382. The Hall–Kier alpha value is -1.19. The third-order valence-corrected chi connectivity index (χ3v) is 3.45. The largest absolute Gasteiger partial charge is 0.383 e. The molecule has 1 fully saturated rings. The van der Waals surface area contributed by atoms with E-state index in [2.05, 4.69) is 12.1 Å². The van der Waals surface area contributed by atoms with Gasteiger partial charge < -0.3 is 10.5 Å². The highest BCUT2D eigenvalue weighted by Gasteiger charge is 2.20. The van der Waals surface area contributed by atoms with Gasteiger partial charge in [-0.25, -0.2) is 0 Å². The van der Waals surface area contributed by atoms with Crippen LogP contribution in [0.3, 0.4) is 0 Å². The van der Waals surface area contributed by atoms with E-state index < -0.39 is 6.04 Å². The van der Waals surface area contributed by atoms with E-state index in [0.29, 0.717) is 11.5 Å². The predicted molar refractivity (Wildman–Crippen MR) is 67.2 cm³/mol. The number of hydrogen-bond donors (Lipinski definition) is 1. The van der Waals surface area contributed by atoms with Crippen LogP contribution in [0.25, 0.3) is 0 Å². The molecule has 0 amide bonds. The topological polar surface area (TPSA) is 52.3 Å². The molecule has 3 heteroatoms. The number of hydrogen-bond acceptors (Lipinski definition) is 3. The molecule has 0 aliphatic heterocycles. The molecule has 1 aliphatic rings. The van der Waals surface area contributed by atoms with Crippen LogP contribution >= 0.6 is 0 Å². The molecule has 0 saturated heterocycles. The number of Topliss-reactive ketones (excluding diaryl/α,β-unsaturated/α-hetero) is 1. The van der Waals surface area contributed by atoms with E-state index in [-0.39, 0.29) is 12.4 Å². The molecule has 1 aromatic rings. The van der Waals surface area contributed by atoms with Gasteiger partial charge in [0.05, 0.1) is 12.6 Å². The van der Waals surface area contributed by atoms with Gasteiger partial charge in [0.1, 0.15) is 0 Å². The Balaban J connectivity index is 2.03. The second-order valence-electron chi connectivity index (χ2n) is 4.68. The maximum atomic E-state index is 11.9. The molecule has 0 bridgehead atoms. The van der Waals surface area contributed by atoms with Gasteiger partial charge >= 0.3 is 0 Å². The third kappa shape index (κ3) is 2.73. The molecular weight excluding hydrogens is 214 g/mol. The molecule has 17 heavy (non-hydrogen) atoms. The molecule has 0 heterocycles. The Morgan fingerprint density at radius 3 is 2.53 bits per heavy atom. The first-order chi connectivity index (χ1) is 8.22. The zero-order valence-corrected chi connectivity index (χ0v) is 10.2. The van der Waals surface area contributed by atoms with Crippen LogP contribution in [0.5, 0.6) is 0 Å². The minimum Gasteiger partial charge on any atom is -0.383 e. The maximum absolute atomic E-state index is 11.9. The number of ether oxygens (including phenoxy) is 1. The molecule has 3 nitrogen and oxygen atoms in total. The summed E-state index contributed by atoms with van der Waals surface area (Å²) >= 11 is 0. The van der Waals surface area contributed by atoms with Gasteiger partial charge in [0.2, 0.25) is 0 Å². The lowest BCUT2D eigenvalue weighted by Gasteiger charge is -2.25. The van der Waals surface area contributed by atoms with Gasteiger partial charge in [-0.15, -0.1) is 0 Å². The first kappa shape index (κ1) is 12.3. The molecule has 1 aliphatic carbocycles. The molecule has 1 saturated carbocycles. The molecule has 0 aromatic heterocycles. The fourth-order valence-corrected chi connectivity index (χ4v) is 2.13. The number of ketones is 1. The molecule has 0 spiro atoms. The molecule has 1 aromatic carbocycles. The summed E-state index contributed by atoms with van der Waals surface area (Å²) in [5.74, 6) is 0.652. The highest BCUT2D eigenvalue weighted by Crippen LogP contribution is 2.36. The summed E-state index contributed by atoms with van der Waals surface area (Å²) in [6.45, 7) is 0.267. The van der Waals surface area contributed by atoms with E-state index in [9.17, 15) is 4.79 Å². The molecular formula is C14H19NO2. The van der Waals surface area contributed by atoms with Crippen molar-refractivity contribution in [1.82, 2.24) is 0 Å². The number of nitrogens with two attached hydrogens (primary N) is 1. The number of carbonyl (C=O) groups excluding carboxylic acids is 1. The number of methoxy groups -OCH3 is 1. The minimum atomic E-state index is -0.561. The van der Waals surface area contributed by atoms with E-state index in [1.165, 1.54) is 24.8 Å². The lowest BCUT2D eigenvalue weighted by atomic mass is 9.80. The van der Waals surface area contributed by atoms with E-state index in [1.807, 2.05) is 12.1 Å². The third-order valence-electron chi connectivity index (χ3n) is 3.45. The lowest BCUT2D eigenvalue weighted by Crippen LogP contribution is -2.34. The summed E-state index contributed by atoms with van der Waals surface area (Å²) in [6.07, 6.45) is 3.87. The number of carbonyl (C=O) groups is 1. The van der Waals surface area contributed by atoms with Crippen LogP contribution in [0, 0.1) is 0 Å². The monoisotopic (exact) mass is 233 g/mol. The van der Waals surface area contributed by atoms with Crippen molar-refractivity contribution in [1.29, 1.82) is 0 Å². The maximum Gasteiger partial charge on any atom is 0.181 e. The van der Waals surface area contributed by atoms with Crippen molar-refractivity contribution in [3.63, 3.8) is 0 Å². The van der Waals surface area contributed by atoms with Gasteiger partial charge in [-0.3, -0.25) is 4.79 Å². The van der Waals surface area contributed by atoms with Gasteiger partial charge in [-0.2, -0.15) is 0 Å². The van der Waals surface area contributed by atoms with Crippen LogP contribution in [0.15, 0.2) is 24.3 Å². The van der Waals surface area contributed by atoms with Crippen molar-refractivity contribution in [2.24, 2.45) is 5.73 Å². The normalized spacial score (nSPS) is 17.5. The van der Waals surface area contributed by atoms with Crippen molar-refractivity contribution < 1.29 is 9.53 Å². The zero-order chi connectivity index (χ0) is 12.3. The van der Waals surface area contributed by atoms with Gasteiger partial charge in [0.15, 0.2) is 5.78 Å². The highest BCUT2D eigenvalue weighted by molar-refractivity contribution is 6.00. The summed E-state index contributed by atoms with van der Waals surface area (Å²) in [5.41, 5.74) is 7.74. The van der Waals surface area contributed by atoms with Gasteiger partial charge in [-0.05, 0) is 24.3 Å². The fraction of sp³-hybridized carbons (Fsp3) is 0.500. The SMILES string of the molecule is COCC(N)C(=O)c1ccc(C2CCC2)cc1.